The number of aromatic nitrogens is 2. The lowest BCUT2D eigenvalue weighted by atomic mass is 10.3. The van der Waals surface area contributed by atoms with Crippen molar-refractivity contribution in [3.05, 3.63) is 17.5 Å². The van der Waals surface area contributed by atoms with Crippen molar-refractivity contribution in [2.45, 2.75) is 19.9 Å². The molecule has 0 bridgehead atoms. The van der Waals surface area contributed by atoms with E-state index in [2.05, 4.69) is 10.4 Å². The summed E-state index contributed by atoms with van der Waals surface area (Å²) in [7, 11) is 0. The van der Waals surface area contributed by atoms with Crippen LogP contribution in [0.2, 0.25) is 0 Å². The number of carbonyl (C=O) groups excluding carboxylic acids is 2. The zero-order valence-corrected chi connectivity index (χ0v) is 9.02. The van der Waals surface area contributed by atoms with Gasteiger partial charge in [-0.25, -0.2) is 4.79 Å². The van der Waals surface area contributed by atoms with Crippen LogP contribution in [0, 0.1) is 0 Å². The molecule has 86 valence electrons. The molecule has 1 amide bonds. The summed E-state index contributed by atoms with van der Waals surface area (Å²) in [5.41, 5.74) is 0.607. The van der Waals surface area contributed by atoms with Gasteiger partial charge in [-0.15, -0.1) is 0 Å². The van der Waals surface area contributed by atoms with Crippen molar-refractivity contribution in [1.29, 1.82) is 0 Å². The molecule has 0 aromatic carbocycles. The van der Waals surface area contributed by atoms with Gasteiger partial charge in [-0.05, 0) is 6.42 Å². The smallest absolute Gasteiger partial charge is 0.358 e. The van der Waals surface area contributed by atoms with Crippen molar-refractivity contribution >= 4 is 11.9 Å². The van der Waals surface area contributed by atoms with Crippen molar-refractivity contribution in [2.75, 3.05) is 13.2 Å². The second kappa shape index (κ2) is 4.34. The second-order valence-corrected chi connectivity index (χ2v) is 3.53. The van der Waals surface area contributed by atoms with Crippen LogP contribution in [0.3, 0.4) is 0 Å². The first-order chi connectivity index (χ1) is 7.72. The Morgan fingerprint density at radius 2 is 2.50 bits per heavy atom. The molecule has 0 fully saturated rings. The molecule has 2 rings (SSSR count). The Kier molecular flexibility index (Phi) is 2.89. The maximum absolute atomic E-state index is 11.5. The van der Waals surface area contributed by atoms with Gasteiger partial charge in [-0.3, -0.25) is 9.48 Å². The molecule has 0 atom stereocenters. The Hall–Kier alpha value is -1.85. The van der Waals surface area contributed by atoms with E-state index in [9.17, 15) is 9.59 Å². The average molecular weight is 223 g/mol. The molecular formula is C10H13N3O3. The number of fused-ring (bicyclic) bond motifs is 1. The standard InChI is InChI=1S/C10H13N3O3/c1-2-5-16-10(15)7-6-8-9(14)11-3-4-13(8)12-7/h6H,2-5H2,1H3,(H,11,14). The maximum atomic E-state index is 11.5. The Morgan fingerprint density at radius 3 is 3.19 bits per heavy atom. The van der Waals surface area contributed by atoms with E-state index < -0.39 is 5.97 Å². The summed E-state index contributed by atoms with van der Waals surface area (Å²) in [5.74, 6) is -0.676. The topological polar surface area (TPSA) is 73.2 Å². The zero-order valence-electron chi connectivity index (χ0n) is 9.02. The van der Waals surface area contributed by atoms with Gasteiger partial charge >= 0.3 is 5.97 Å². The van der Waals surface area contributed by atoms with Crippen molar-refractivity contribution in [1.82, 2.24) is 15.1 Å². The number of ether oxygens (including phenoxy) is 1. The summed E-state index contributed by atoms with van der Waals surface area (Å²) < 4.78 is 6.47. The number of hydrogen-bond acceptors (Lipinski definition) is 4. The molecule has 16 heavy (non-hydrogen) atoms. The molecule has 6 heteroatoms. The summed E-state index contributed by atoms with van der Waals surface area (Å²) in [5, 5.41) is 6.72. The monoisotopic (exact) mass is 223 g/mol. The van der Waals surface area contributed by atoms with Gasteiger partial charge in [0.15, 0.2) is 5.69 Å². The van der Waals surface area contributed by atoms with Crippen molar-refractivity contribution < 1.29 is 14.3 Å². The Bertz CT molecular complexity index is 425. The number of nitrogens with zero attached hydrogens (tertiary/aromatic N) is 2. The van der Waals surface area contributed by atoms with E-state index >= 15 is 0 Å². The molecule has 6 nitrogen and oxygen atoms in total. The molecule has 1 aliphatic heterocycles. The van der Waals surface area contributed by atoms with E-state index in [1.54, 1.807) is 0 Å². The normalized spacial score (nSPS) is 14.2. The zero-order chi connectivity index (χ0) is 11.5. The fourth-order valence-corrected chi connectivity index (χ4v) is 1.50. The summed E-state index contributed by atoms with van der Waals surface area (Å²) in [6.45, 7) is 3.41. The maximum Gasteiger partial charge on any atom is 0.358 e. The third kappa shape index (κ3) is 1.91. The van der Waals surface area contributed by atoms with Crippen LogP contribution in [-0.4, -0.2) is 34.8 Å². The van der Waals surface area contributed by atoms with Gasteiger partial charge in [0.05, 0.1) is 13.2 Å². The first-order valence-electron chi connectivity index (χ1n) is 5.25. The number of amides is 1. The summed E-state index contributed by atoms with van der Waals surface area (Å²) in [6, 6.07) is 1.46. The van der Waals surface area contributed by atoms with E-state index in [1.807, 2.05) is 6.92 Å². The SMILES string of the molecule is CCCOC(=O)c1cc2n(n1)CCNC2=O. The minimum atomic E-state index is -0.475. The van der Waals surface area contributed by atoms with Crippen LogP contribution >= 0.6 is 0 Å². The summed E-state index contributed by atoms with van der Waals surface area (Å²) in [4.78, 5) is 22.9. The van der Waals surface area contributed by atoms with Crippen LogP contribution in [0.1, 0.15) is 34.3 Å². The van der Waals surface area contributed by atoms with Crippen LogP contribution in [0.25, 0.3) is 0 Å². The minimum Gasteiger partial charge on any atom is -0.461 e. The molecule has 1 aliphatic rings. The lowest BCUT2D eigenvalue weighted by molar-refractivity contribution is 0.0497. The van der Waals surface area contributed by atoms with Crippen LogP contribution in [0.15, 0.2) is 6.07 Å². The summed E-state index contributed by atoms with van der Waals surface area (Å²) >= 11 is 0. The van der Waals surface area contributed by atoms with E-state index in [-0.39, 0.29) is 11.6 Å². The predicted molar refractivity (Wildman–Crippen MR) is 55.1 cm³/mol. The molecule has 1 aromatic rings. The quantitative estimate of drug-likeness (QED) is 0.742. The first-order valence-corrected chi connectivity index (χ1v) is 5.25. The highest BCUT2D eigenvalue weighted by Gasteiger charge is 2.22. The first kappa shape index (κ1) is 10.7. The lowest BCUT2D eigenvalue weighted by Crippen LogP contribution is -2.35. The Morgan fingerprint density at radius 1 is 1.69 bits per heavy atom. The van der Waals surface area contributed by atoms with Crippen LogP contribution < -0.4 is 5.32 Å². The van der Waals surface area contributed by atoms with Crippen LogP contribution in [0.4, 0.5) is 0 Å². The highest BCUT2D eigenvalue weighted by Crippen LogP contribution is 2.09. The number of hydrogen-bond donors (Lipinski definition) is 1. The average Bonchev–Trinajstić information content (AvgIpc) is 2.71. The van der Waals surface area contributed by atoms with Gasteiger partial charge in [0, 0.05) is 12.6 Å². The molecule has 2 heterocycles. The molecule has 0 saturated carbocycles. The molecule has 1 aromatic heterocycles. The van der Waals surface area contributed by atoms with Crippen molar-refractivity contribution in [3.8, 4) is 0 Å². The van der Waals surface area contributed by atoms with Crippen LogP contribution in [-0.2, 0) is 11.3 Å². The molecule has 0 spiro atoms. The van der Waals surface area contributed by atoms with Crippen molar-refractivity contribution in [3.63, 3.8) is 0 Å². The number of esters is 1. The fourth-order valence-electron chi connectivity index (χ4n) is 1.50. The second-order valence-electron chi connectivity index (χ2n) is 3.53. The predicted octanol–water partition coefficient (Wildman–Crippen LogP) is 0.193. The fraction of sp³-hybridized carbons (Fsp3) is 0.500. The number of nitrogens with one attached hydrogen (secondary N) is 1. The summed E-state index contributed by atoms with van der Waals surface area (Å²) in [6.07, 6.45) is 0.764. The molecular weight excluding hydrogens is 210 g/mol. The Labute approximate surface area is 92.6 Å². The van der Waals surface area contributed by atoms with Gasteiger partial charge in [0.1, 0.15) is 5.69 Å². The molecule has 0 saturated heterocycles. The highest BCUT2D eigenvalue weighted by molar-refractivity contribution is 5.96. The van der Waals surface area contributed by atoms with Crippen LogP contribution in [0.5, 0.6) is 0 Å². The highest BCUT2D eigenvalue weighted by atomic mass is 16.5. The molecule has 0 aliphatic carbocycles. The minimum absolute atomic E-state index is 0.195. The molecule has 1 N–H and O–H groups in total. The number of carbonyl (C=O) groups is 2. The lowest BCUT2D eigenvalue weighted by Gasteiger charge is -2.13. The van der Waals surface area contributed by atoms with Gasteiger partial charge in [0.2, 0.25) is 0 Å². The van der Waals surface area contributed by atoms with Crippen molar-refractivity contribution in [2.24, 2.45) is 0 Å². The Balaban J connectivity index is 2.18. The molecule has 0 radical (unpaired) electrons. The third-order valence-corrected chi connectivity index (χ3v) is 2.27. The van der Waals surface area contributed by atoms with Gasteiger partial charge in [-0.2, -0.15) is 5.10 Å². The number of rotatable bonds is 3. The van der Waals surface area contributed by atoms with E-state index in [0.29, 0.717) is 25.4 Å². The third-order valence-electron chi connectivity index (χ3n) is 2.27. The van der Waals surface area contributed by atoms with E-state index in [0.717, 1.165) is 6.42 Å². The van der Waals surface area contributed by atoms with Gasteiger partial charge in [-0.1, -0.05) is 6.92 Å². The van der Waals surface area contributed by atoms with Gasteiger partial charge in [0.25, 0.3) is 5.91 Å². The molecule has 0 unspecified atom stereocenters. The van der Waals surface area contributed by atoms with E-state index in [4.69, 9.17) is 4.74 Å². The van der Waals surface area contributed by atoms with Gasteiger partial charge < -0.3 is 10.1 Å². The van der Waals surface area contributed by atoms with E-state index in [1.165, 1.54) is 10.7 Å². The largest absolute Gasteiger partial charge is 0.461 e.